The highest BCUT2D eigenvalue weighted by Crippen LogP contribution is 2.32. The van der Waals surface area contributed by atoms with Crippen molar-refractivity contribution in [2.75, 3.05) is 0 Å². The molecule has 2 nitrogen and oxygen atoms in total. The largest absolute Gasteiger partial charge is 0.354 e. The van der Waals surface area contributed by atoms with Crippen LogP contribution in [0.2, 0.25) is 0 Å². The van der Waals surface area contributed by atoms with Crippen LogP contribution in [-0.2, 0) is 4.79 Å². The number of hydrogen-bond donors (Lipinski definition) is 1. The van der Waals surface area contributed by atoms with E-state index < -0.39 is 12.8 Å². The van der Waals surface area contributed by atoms with Crippen molar-refractivity contribution in [3.8, 4) is 0 Å². The van der Waals surface area contributed by atoms with Crippen molar-refractivity contribution >= 4 is 5.91 Å². The lowest BCUT2D eigenvalue weighted by Crippen LogP contribution is -2.31. The lowest BCUT2D eigenvalue weighted by Gasteiger charge is -2.09. The van der Waals surface area contributed by atoms with Gasteiger partial charge in [0.15, 0.2) is 0 Å². The molecule has 0 aromatic carbocycles. The fourth-order valence-corrected chi connectivity index (χ4v) is 0.921. The molecule has 1 N–H and O–H groups in total. The van der Waals surface area contributed by atoms with Crippen molar-refractivity contribution in [1.29, 1.82) is 0 Å². The van der Waals surface area contributed by atoms with Crippen LogP contribution < -0.4 is 5.32 Å². The fourth-order valence-electron chi connectivity index (χ4n) is 0.921. The van der Waals surface area contributed by atoms with Crippen LogP contribution in [0.4, 0.5) is 0 Å². The van der Waals surface area contributed by atoms with Crippen molar-refractivity contribution in [3.05, 3.63) is 0 Å². The van der Waals surface area contributed by atoms with Gasteiger partial charge in [0.1, 0.15) is 0 Å². The second-order valence-electron chi connectivity index (χ2n) is 2.60. The SMILES string of the molecule is [2H]C([2H])([2H])C(=O)NC(C)C1CC1. The molecule has 1 aliphatic rings. The molecule has 52 valence electrons. The monoisotopic (exact) mass is 130 g/mol. The van der Waals surface area contributed by atoms with E-state index in [1.54, 1.807) is 0 Å². The Morgan fingerprint density at radius 1 is 1.89 bits per heavy atom. The summed E-state index contributed by atoms with van der Waals surface area (Å²) in [6, 6.07) is 0.0120. The molecule has 1 unspecified atom stereocenters. The summed E-state index contributed by atoms with van der Waals surface area (Å²) < 4.78 is 20.4. The number of hydrogen-bond acceptors (Lipinski definition) is 1. The summed E-state index contributed by atoms with van der Waals surface area (Å²) in [5.41, 5.74) is 0. The molecule has 0 aliphatic heterocycles. The van der Waals surface area contributed by atoms with Gasteiger partial charge < -0.3 is 5.32 Å². The van der Waals surface area contributed by atoms with Crippen LogP contribution in [0.3, 0.4) is 0 Å². The maximum Gasteiger partial charge on any atom is 0.217 e. The molecule has 0 radical (unpaired) electrons. The number of carbonyl (C=O) groups excluding carboxylic acids is 1. The quantitative estimate of drug-likeness (QED) is 0.591. The summed E-state index contributed by atoms with van der Waals surface area (Å²) in [5, 5.41) is 2.48. The van der Waals surface area contributed by atoms with Gasteiger partial charge in [-0.2, -0.15) is 0 Å². The molecule has 1 atom stereocenters. The molecule has 0 saturated heterocycles. The van der Waals surface area contributed by atoms with Gasteiger partial charge in [0.2, 0.25) is 5.91 Å². The molecular weight excluding hydrogens is 114 g/mol. The van der Waals surface area contributed by atoms with E-state index in [0.29, 0.717) is 5.92 Å². The minimum atomic E-state index is -2.50. The van der Waals surface area contributed by atoms with Crippen molar-refractivity contribution in [1.82, 2.24) is 5.32 Å². The van der Waals surface area contributed by atoms with Crippen LogP contribution in [0.1, 0.15) is 30.7 Å². The Bertz CT molecular complexity index is 186. The van der Waals surface area contributed by atoms with Crippen LogP contribution in [-0.4, -0.2) is 11.9 Å². The molecule has 0 aromatic heterocycles. The summed E-state index contributed by atoms with van der Waals surface area (Å²) in [6.45, 7) is -0.648. The molecule has 1 amide bonds. The minimum Gasteiger partial charge on any atom is -0.354 e. The molecule has 1 rings (SSSR count). The highest BCUT2D eigenvalue weighted by Gasteiger charge is 2.27. The zero-order valence-corrected chi connectivity index (χ0v) is 5.48. The molecule has 0 spiro atoms. The van der Waals surface area contributed by atoms with Crippen molar-refractivity contribution < 1.29 is 8.91 Å². The number of rotatable bonds is 2. The average Bonchev–Trinajstić information content (AvgIpc) is 2.65. The zero-order chi connectivity index (χ0) is 9.35. The number of carbonyl (C=O) groups is 1. The van der Waals surface area contributed by atoms with E-state index in [9.17, 15) is 4.79 Å². The topological polar surface area (TPSA) is 29.1 Å². The zero-order valence-electron chi connectivity index (χ0n) is 8.48. The van der Waals surface area contributed by atoms with Gasteiger partial charge in [-0.1, -0.05) is 0 Å². The van der Waals surface area contributed by atoms with E-state index >= 15 is 0 Å². The maximum atomic E-state index is 10.9. The van der Waals surface area contributed by atoms with Gasteiger partial charge in [-0.05, 0) is 25.7 Å². The standard InChI is InChI=1S/C7H13NO/c1-5(7-3-4-7)8-6(2)9/h5,7H,3-4H2,1-2H3,(H,8,9)/i2D3. The van der Waals surface area contributed by atoms with E-state index in [1.807, 2.05) is 6.92 Å². The van der Waals surface area contributed by atoms with Crippen molar-refractivity contribution in [3.63, 3.8) is 0 Å². The van der Waals surface area contributed by atoms with Crippen molar-refractivity contribution in [2.45, 2.75) is 32.7 Å². The van der Waals surface area contributed by atoms with Crippen molar-refractivity contribution in [2.24, 2.45) is 5.92 Å². The molecule has 1 saturated carbocycles. The summed E-state index contributed by atoms with van der Waals surface area (Å²) >= 11 is 0. The van der Waals surface area contributed by atoms with E-state index in [4.69, 9.17) is 4.11 Å². The predicted molar refractivity (Wildman–Crippen MR) is 36.0 cm³/mol. The smallest absolute Gasteiger partial charge is 0.217 e. The minimum absolute atomic E-state index is 0.0120. The Balaban J connectivity index is 2.34. The Morgan fingerprint density at radius 3 is 3.00 bits per heavy atom. The third-order valence-corrected chi connectivity index (χ3v) is 1.69. The molecule has 0 aromatic rings. The van der Waals surface area contributed by atoms with E-state index in [-0.39, 0.29) is 6.04 Å². The molecule has 1 aliphatic carbocycles. The van der Waals surface area contributed by atoms with E-state index in [1.165, 1.54) is 0 Å². The first-order valence-corrected chi connectivity index (χ1v) is 3.22. The highest BCUT2D eigenvalue weighted by molar-refractivity contribution is 5.73. The maximum absolute atomic E-state index is 10.9. The fraction of sp³-hybridized carbons (Fsp3) is 0.857. The number of nitrogens with one attached hydrogen (secondary N) is 1. The first-order valence-electron chi connectivity index (χ1n) is 4.72. The van der Waals surface area contributed by atoms with Crippen LogP contribution in [0, 0.1) is 5.92 Å². The lowest BCUT2D eigenvalue weighted by molar-refractivity contribution is -0.119. The van der Waals surface area contributed by atoms with Crippen LogP contribution in [0.25, 0.3) is 0 Å². The van der Waals surface area contributed by atoms with Gasteiger partial charge in [-0.3, -0.25) is 4.79 Å². The Kier molecular flexibility index (Phi) is 0.949. The van der Waals surface area contributed by atoms with E-state index in [0.717, 1.165) is 12.8 Å². The predicted octanol–water partition coefficient (Wildman–Crippen LogP) is 0.921. The van der Waals surface area contributed by atoms with Gasteiger partial charge in [-0.15, -0.1) is 0 Å². The number of amides is 1. The van der Waals surface area contributed by atoms with Gasteiger partial charge in [0.05, 0.1) is 0 Å². The third-order valence-electron chi connectivity index (χ3n) is 1.69. The average molecular weight is 130 g/mol. The molecular formula is C7H13NO. The molecule has 1 fully saturated rings. The molecule has 0 bridgehead atoms. The summed E-state index contributed by atoms with van der Waals surface area (Å²) in [7, 11) is 0. The first-order chi connectivity index (χ1) is 5.41. The van der Waals surface area contributed by atoms with Crippen LogP contribution in [0.5, 0.6) is 0 Å². The summed E-state index contributed by atoms with van der Waals surface area (Å²) in [5.74, 6) is -0.335. The van der Waals surface area contributed by atoms with E-state index in [2.05, 4.69) is 5.32 Å². The van der Waals surface area contributed by atoms with Gasteiger partial charge in [0.25, 0.3) is 0 Å². The Morgan fingerprint density at radius 2 is 2.56 bits per heavy atom. The summed E-state index contributed by atoms with van der Waals surface area (Å²) in [4.78, 5) is 10.9. The third kappa shape index (κ3) is 2.04. The van der Waals surface area contributed by atoms with Gasteiger partial charge in [0, 0.05) is 17.0 Å². The normalized spacial score (nSPS) is 27.4. The summed E-state index contributed by atoms with van der Waals surface area (Å²) in [6.07, 6.45) is 2.20. The molecule has 2 heteroatoms. The Hall–Kier alpha value is -0.530. The highest BCUT2D eigenvalue weighted by atomic mass is 16.1. The van der Waals surface area contributed by atoms with Crippen LogP contribution in [0.15, 0.2) is 0 Å². The van der Waals surface area contributed by atoms with Crippen LogP contribution >= 0.6 is 0 Å². The van der Waals surface area contributed by atoms with Gasteiger partial charge in [-0.25, -0.2) is 0 Å². The second kappa shape index (κ2) is 2.38. The molecule has 0 heterocycles. The second-order valence-corrected chi connectivity index (χ2v) is 2.60. The molecule has 9 heavy (non-hydrogen) atoms. The lowest BCUT2D eigenvalue weighted by atomic mass is 10.2. The van der Waals surface area contributed by atoms with Gasteiger partial charge >= 0.3 is 0 Å². The first kappa shape index (κ1) is 3.59. The Labute approximate surface area is 59.8 Å².